The van der Waals surface area contributed by atoms with Gasteiger partial charge in [0.25, 0.3) is 5.69 Å². The van der Waals surface area contributed by atoms with Crippen molar-refractivity contribution in [3.8, 4) is 5.75 Å². The van der Waals surface area contributed by atoms with Gasteiger partial charge in [-0.2, -0.15) is 0 Å². The molecule has 0 radical (unpaired) electrons. The van der Waals surface area contributed by atoms with Gasteiger partial charge in [-0.15, -0.1) is 0 Å². The average molecular weight is 271 g/mol. The number of aliphatic carboxylic acids is 1. The Kier molecular flexibility index (Phi) is 7.28. The van der Waals surface area contributed by atoms with E-state index < -0.39 is 23.5 Å². The monoisotopic (exact) mass is 271 g/mol. The van der Waals surface area contributed by atoms with Crippen LogP contribution >= 0.6 is 0 Å². The lowest BCUT2D eigenvalue weighted by atomic mass is 10.3. The van der Waals surface area contributed by atoms with Crippen LogP contribution in [0.15, 0.2) is 24.3 Å². The van der Waals surface area contributed by atoms with Crippen molar-refractivity contribution in [2.45, 2.75) is 13.3 Å². The molecular weight excluding hydrogens is 258 g/mol. The molecule has 0 aliphatic rings. The predicted molar refractivity (Wildman–Crippen MR) is 63.6 cm³/mol. The molecule has 0 amide bonds. The summed E-state index contributed by atoms with van der Waals surface area (Å²) in [6.45, 7) is 1.07. The van der Waals surface area contributed by atoms with Gasteiger partial charge in [-0.3, -0.25) is 14.9 Å². The third-order valence-electron chi connectivity index (χ3n) is 1.71. The van der Waals surface area contributed by atoms with Crippen molar-refractivity contribution < 1.29 is 29.5 Å². The highest BCUT2D eigenvalue weighted by Gasteiger charge is 2.02. The second-order valence-electron chi connectivity index (χ2n) is 3.18. The molecule has 0 aliphatic heterocycles. The minimum atomic E-state index is -1.13. The number of carbonyl (C=O) groups is 2. The number of carboxylic acid groups (broad SMARTS) is 1. The molecule has 1 aromatic carbocycles. The summed E-state index contributed by atoms with van der Waals surface area (Å²) in [5.74, 6) is -1.58. The van der Waals surface area contributed by atoms with E-state index in [-0.39, 0.29) is 17.9 Å². The van der Waals surface area contributed by atoms with Crippen molar-refractivity contribution in [3.63, 3.8) is 0 Å². The number of ether oxygens (including phenoxy) is 1. The molecule has 0 unspecified atom stereocenters. The molecule has 2 N–H and O–H groups in total. The standard InChI is InChI=1S/C6H5NO3.C5H8O4/c8-6-3-1-5(2-4-6)7(9)10;1-2-5(8)9-3-4(6)7/h1-4,8H;2-3H2,1H3,(H,6,7). The maximum Gasteiger partial charge on any atom is 0.341 e. The Balaban J connectivity index is 0.000000344. The number of hydrogen-bond donors (Lipinski definition) is 2. The molecule has 0 heterocycles. The highest BCUT2D eigenvalue weighted by Crippen LogP contribution is 2.14. The predicted octanol–water partition coefficient (Wildman–Crippen LogP) is 1.32. The van der Waals surface area contributed by atoms with Crippen LogP contribution < -0.4 is 0 Å². The number of nitrogens with zero attached hydrogens (tertiary/aromatic N) is 1. The van der Waals surface area contributed by atoms with E-state index in [4.69, 9.17) is 10.2 Å². The first-order valence-electron chi connectivity index (χ1n) is 5.17. The van der Waals surface area contributed by atoms with Gasteiger partial charge >= 0.3 is 11.9 Å². The number of phenolic OH excluding ortho intramolecular Hbond substituents is 1. The van der Waals surface area contributed by atoms with Crippen molar-refractivity contribution in [1.29, 1.82) is 0 Å². The number of phenols is 1. The molecule has 0 aromatic heterocycles. The Morgan fingerprint density at radius 1 is 1.32 bits per heavy atom. The second kappa shape index (κ2) is 8.45. The van der Waals surface area contributed by atoms with Gasteiger partial charge in [0.05, 0.1) is 4.92 Å². The van der Waals surface area contributed by atoms with Gasteiger partial charge in [-0.1, -0.05) is 6.92 Å². The molecule has 0 atom stereocenters. The summed E-state index contributed by atoms with van der Waals surface area (Å²) in [7, 11) is 0. The Bertz CT molecular complexity index is 441. The Hall–Kier alpha value is -2.64. The number of esters is 1. The lowest BCUT2D eigenvalue weighted by molar-refractivity contribution is -0.384. The molecule has 0 aliphatic carbocycles. The largest absolute Gasteiger partial charge is 0.508 e. The van der Waals surface area contributed by atoms with Crippen LogP contribution in [0.25, 0.3) is 0 Å². The fourth-order valence-corrected chi connectivity index (χ4v) is 0.819. The van der Waals surface area contributed by atoms with Gasteiger partial charge in [0.2, 0.25) is 0 Å². The number of carboxylic acids is 1. The lowest BCUT2D eigenvalue weighted by Crippen LogP contribution is -2.11. The minimum absolute atomic E-state index is 0.0159. The van der Waals surface area contributed by atoms with E-state index in [1.54, 1.807) is 6.92 Å². The first-order valence-corrected chi connectivity index (χ1v) is 5.17. The van der Waals surface area contributed by atoms with Crippen molar-refractivity contribution in [3.05, 3.63) is 34.4 Å². The van der Waals surface area contributed by atoms with Crippen LogP contribution in [-0.4, -0.2) is 33.7 Å². The number of rotatable bonds is 4. The zero-order valence-corrected chi connectivity index (χ0v) is 10.1. The summed E-state index contributed by atoms with van der Waals surface area (Å²) in [5.41, 5.74) is -0.0159. The second-order valence-corrected chi connectivity index (χ2v) is 3.18. The fourth-order valence-electron chi connectivity index (χ4n) is 0.819. The number of nitro benzene ring substituents is 1. The zero-order chi connectivity index (χ0) is 14.8. The number of aromatic hydroxyl groups is 1. The van der Waals surface area contributed by atoms with Crippen molar-refractivity contribution in [1.82, 2.24) is 0 Å². The van der Waals surface area contributed by atoms with E-state index in [0.717, 1.165) is 0 Å². The molecule has 0 saturated carbocycles. The SMILES string of the molecule is CCC(=O)OCC(=O)O.O=[N+]([O-])c1ccc(O)cc1. The quantitative estimate of drug-likeness (QED) is 0.480. The molecule has 1 rings (SSSR count). The summed E-state index contributed by atoms with van der Waals surface area (Å²) in [6, 6.07) is 5.04. The molecule has 0 bridgehead atoms. The zero-order valence-electron chi connectivity index (χ0n) is 10.1. The van der Waals surface area contributed by atoms with Gasteiger partial charge in [0, 0.05) is 18.6 Å². The van der Waals surface area contributed by atoms with Gasteiger partial charge in [0.1, 0.15) is 5.75 Å². The van der Waals surface area contributed by atoms with Gasteiger partial charge in [-0.05, 0) is 12.1 Å². The highest BCUT2D eigenvalue weighted by atomic mass is 16.6. The number of carbonyl (C=O) groups excluding carboxylic acids is 1. The van der Waals surface area contributed by atoms with E-state index in [2.05, 4.69) is 4.74 Å². The first kappa shape index (κ1) is 16.4. The summed E-state index contributed by atoms with van der Waals surface area (Å²) < 4.78 is 4.21. The van der Waals surface area contributed by atoms with E-state index >= 15 is 0 Å². The summed E-state index contributed by atoms with van der Waals surface area (Å²) in [6.07, 6.45) is 0.216. The van der Waals surface area contributed by atoms with Crippen molar-refractivity contribution >= 4 is 17.6 Å². The molecule has 0 fully saturated rings. The van der Waals surface area contributed by atoms with E-state index in [1.807, 2.05) is 0 Å². The summed E-state index contributed by atoms with van der Waals surface area (Å²) in [5, 5.41) is 26.7. The average Bonchev–Trinajstić information content (AvgIpc) is 2.37. The van der Waals surface area contributed by atoms with Gasteiger partial charge in [-0.25, -0.2) is 4.79 Å². The number of nitro groups is 1. The lowest BCUT2D eigenvalue weighted by Gasteiger charge is -1.95. The molecule has 8 heteroatoms. The van der Waals surface area contributed by atoms with Gasteiger partial charge in [0.15, 0.2) is 6.61 Å². The topological polar surface area (TPSA) is 127 Å². The van der Waals surface area contributed by atoms with E-state index in [9.17, 15) is 19.7 Å². The summed E-state index contributed by atoms with van der Waals surface area (Å²) in [4.78, 5) is 29.5. The Morgan fingerprint density at radius 3 is 2.21 bits per heavy atom. The van der Waals surface area contributed by atoms with Crippen LogP contribution in [0.1, 0.15) is 13.3 Å². The van der Waals surface area contributed by atoms with Crippen LogP contribution in [0.3, 0.4) is 0 Å². The molecule has 104 valence electrons. The third-order valence-corrected chi connectivity index (χ3v) is 1.71. The van der Waals surface area contributed by atoms with Crippen LogP contribution in [0, 0.1) is 10.1 Å². The maximum absolute atomic E-state index is 10.2. The maximum atomic E-state index is 10.2. The molecule has 1 aromatic rings. The normalized spacial score (nSPS) is 8.89. The minimum Gasteiger partial charge on any atom is -0.508 e. The molecule has 0 spiro atoms. The number of hydrogen-bond acceptors (Lipinski definition) is 6. The fraction of sp³-hybridized carbons (Fsp3) is 0.273. The number of non-ortho nitro benzene ring substituents is 1. The Labute approximate surface area is 108 Å². The summed E-state index contributed by atoms with van der Waals surface area (Å²) >= 11 is 0. The van der Waals surface area contributed by atoms with Crippen molar-refractivity contribution in [2.24, 2.45) is 0 Å². The Morgan fingerprint density at radius 2 is 1.84 bits per heavy atom. The van der Waals surface area contributed by atoms with E-state index in [1.165, 1.54) is 24.3 Å². The first-order chi connectivity index (χ1) is 8.86. The smallest absolute Gasteiger partial charge is 0.341 e. The number of benzene rings is 1. The molecule has 8 nitrogen and oxygen atoms in total. The van der Waals surface area contributed by atoms with Crippen LogP contribution in [-0.2, 0) is 14.3 Å². The van der Waals surface area contributed by atoms with Crippen LogP contribution in [0.2, 0.25) is 0 Å². The van der Waals surface area contributed by atoms with Gasteiger partial charge < -0.3 is 14.9 Å². The van der Waals surface area contributed by atoms with E-state index in [0.29, 0.717) is 0 Å². The van der Waals surface area contributed by atoms with Crippen LogP contribution in [0.4, 0.5) is 5.69 Å². The molecule has 19 heavy (non-hydrogen) atoms. The van der Waals surface area contributed by atoms with Crippen LogP contribution in [0.5, 0.6) is 5.75 Å². The van der Waals surface area contributed by atoms with Crippen molar-refractivity contribution in [2.75, 3.05) is 6.61 Å². The molecule has 0 saturated heterocycles. The third kappa shape index (κ3) is 8.13. The highest BCUT2D eigenvalue weighted by molar-refractivity contribution is 5.74. The molecular formula is C11H13NO7.